The molecular weight excluding hydrogens is 164 g/mol. The van der Waals surface area contributed by atoms with Crippen molar-refractivity contribution in [3.8, 4) is 0 Å². The smallest absolute Gasteiger partial charge is 0.236 e. The van der Waals surface area contributed by atoms with Crippen molar-refractivity contribution in [3.63, 3.8) is 0 Å². The molecule has 1 aliphatic heterocycles. The van der Waals surface area contributed by atoms with E-state index in [1.807, 2.05) is 6.92 Å². The van der Waals surface area contributed by atoms with Crippen LogP contribution in [0.2, 0.25) is 0 Å². The summed E-state index contributed by atoms with van der Waals surface area (Å²) in [6.45, 7) is 6.56. The number of amides is 1. The number of hydrogen-bond donors (Lipinski definition) is 1. The third-order valence-electron chi connectivity index (χ3n) is 3.82. The fourth-order valence-electron chi connectivity index (χ4n) is 2.55. The molecule has 74 valence electrons. The highest BCUT2D eigenvalue weighted by Crippen LogP contribution is 2.51. The zero-order valence-electron chi connectivity index (χ0n) is 8.58. The van der Waals surface area contributed by atoms with Gasteiger partial charge in [0.1, 0.15) is 0 Å². The summed E-state index contributed by atoms with van der Waals surface area (Å²) >= 11 is 0. The van der Waals surface area contributed by atoms with Gasteiger partial charge in [0.15, 0.2) is 0 Å². The molecule has 0 bridgehead atoms. The maximum Gasteiger partial charge on any atom is 0.236 e. The Labute approximate surface area is 79.5 Å². The molecule has 2 fully saturated rings. The maximum atomic E-state index is 11.3. The summed E-state index contributed by atoms with van der Waals surface area (Å²) in [6, 6.07) is 0.0602. The van der Waals surface area contributed by atoms with Gasteiger partial charge in [-0.3, -0.25) is 9.69 Å². The summed E-state index contributed by atoms with van der Waals surface area (Å²) in [7, 11) is 1.71. The van der Waals surface area contributed by atoms with Crippen LogP contribution in [0.4, 0.5) is 0 Å². The van der Waals surface area contributed by atoms with E-state index in [-0.39, 0.29) is 11.9 Å². The lowest BCUT2D eigenvalue weighted by atomic mass is 10.2. The van der Waals surface area contributed by atoms with Crippen LogP contribution >= 0.6 is 0 Å². The van der Waals surface area contributed by atoms with Crippen LogP contribution in [0.25, 0.3) is 0 Å². The summed E-state index contributed by atoms with van der Waals surface area (Å²) in [5.41, 5.74) is 0. The first-order valence-electron chi connectivity index (χ1n) is 5.10. The van der Waals surface area contributed by atoms with E-state index in [9.17, 15) is 4.79 Å². The molecule has 3 unspecified atom stereocenters. The Morgan fingerprint density at radius 2 is 2.00 bits per heavy atom. The van der Waals surface area contributed by atoms with Crippen molar-refractivity contribution in [2.24, 2.45) is 17.8 Å². The van der Waals surface area contributed by atoms with Gasteiger partial charge in [-0.25, -0.2) is 0 Å². The van der Waals surface area contributed by atoms with E-state index in [0.717, 1.165) is 30.8 Å². The van der Waals surface area contributed by atoms with E-state index in [1.54, 1.807) is 7.05 Å². The molecule has 1 aliphatic carbocycles. The van der Waals surface area contributed by atoms with Crippen LogP contribution in [0, 0.1) is 17.8 Å². The molecule has 1 N–H and O–H groups in total. The first-order valence-corrected chi connectivity index (χ1v) is 5.10. The van der Waals surface area contributed by atoms with E-state index in [4.69, 9.17) is 0 Å². The Morgan fingerprint density at radius 1 is 1.46 bits per heavy atom. The lowest BCUT2D eigenvalue weighted by Crippen LogP contribution is -2.43. The molecule has 3 nitrogen and oxygen atoms in total. The first kappa shape index (κ1) is 9.00. The number of nitrogens with zero attached hydrogens (tertiary/aromatic N) is 1. The third kappa shape index (κ3) is 1.35. The number of likely N-dealkylation sites (tertiary alicyclic amines) is 1. The van der Waals surface area contributed by atoms with E-state index >= 15 is 0 Å². The quantitative estimate of drug-likeness (QED) is 0.667. The van der Waals surface area contributed by atoms with Crippen molar-refractivity contribution >= 4 is 5.91 Å². The van der Waals surface area contributed by atoms with Gasteiger partial charge in [-0.1, -0.05) is 6.92 Å². The zero-order chi connectivity index (χ0) is 9.59. The topological polar surface area (TPSA) is 32.3 Å². The SMILES string of the molecule is CNC(=O)C(C)N1CC2C(C)C2C1. The minimum atomic E-state index is 0.0602. The van der Waals surface area contributed by atoms with Crippen LogP contribution in [0.15, 0.2) is 0 Å². The van der Waals surface area contributed by atoms with E-state index < -0.39 is 0 Å². The highest BCUT2D eigenvalue weighted by Gasteiger charge is 2.53. The molecule has 0 aromatic rings. The van der Waals surface area contributed by atoms with Gasteiger partial charge >= 0.3 is 0 Å². The van der Waals surface area contributed by atoms with Crippen molar-refractivity contribution in [1.82, 2.24) is 10.2 Å². The standard InChI is InChI=1S/C10H18N2O/c1-6-8-4-12(5-9(6)8)7(2)10(13)11-3/h6-9H,4-5H2,1-3H3,(H,11,13). The Bertz CT molecular complexity index is 217. The number of piperidine rings is 1. The highest BCUT2D eigenvalue weighted by atomic mass is 16.2. The molecule has 1 heterocycles. The van der Waals surface area contributed by atoms with Crippen molar-refractivity contribution in [1.29, 1.82) is 0 Å². The molecule has 1 saturated carbocycles. The Kier molecular flexibility index (Phi) is 2.06. The fourth-order valence-corrected chi connectivity index (χ4v) is 2.55. The molecule has 0 aromatic heterocycles. The number of rotatable bonds is 2. The van der Waals surface area contributed by atoms with Gasteiger partial charge in [0.05, 0.1) is 6.04 Å². The molecule has 0 spiro atoms. The van der Waals surface area contributed by atoms with Crippen LogP contribution < -0.4 is 5.32 Å². The number of fused-ring (bicyclic) bond motifs is 1. The van der Waals surface area contributed by atoms with Crippen molar-refractivity contribution in [3.05, 3.63) is 0 Å². The van der Waals surface area contributed by atoms with Crippen LogP contribution in [-0.2, 0) is 4.79 Å². The second-order valence-electron chi connectivity index (χ2n) is 4.43. The molecule has 3 atom stereocenters. The predicted octanol–water partition coefficient (Wildman–Crippen LogP) is 0.319. The van der Waals surface area contributed by atoms with E-state index in [2.05, 4.69) is 17.1 Å². The third-order valence-corrected chi connectivity index (χ3v) is 3.82. The Hall–Kier alpha value is -0.570. The monoisotopic (exact) mass is 182 g/mol. The molecule has 1 saturated heterocycles. The summed E-state index contributed by atoms with van der Waals surface area (Å²) in [4.78, 5) is 13.6. The minimum Gasteiger partial charge on any atom is -0.358 e. The summed E-state index contributed by atoms with van der Waals surface area (Å²) < 4.78 is 0. The number of hydrogen-bond acceptors (Lipinski definition) is 2. The first-order chi connectivity index (χ1) is 6.15. The lowest BCUT2D eigenvalue weighted by molar-refractivity contribution is -0.125. The van der Waals surface area contributed by atoms with E-state index in [1.165, 1.54) is 0 Å². The second-order valence-corrected chi connectivity index (χ2v) is 4.43. The van der Waals surface area contributed by atoms with Crippen LogP contribution in [0.1, 0.15) is 13.8 Å². The summed E-state index contributed by atoms with van der Waals surface area (Å²) in [5, 5.41) is 2.70. The lowest BCUT2D eigenvalue weighted by Gasteiger charge is -2.24. The largest absolute Gasteiger partial charge is 0.358 e. The average Bonchev–Trinajstić information content (AvgIpc) is 2.62. The van der Waals surface area contributed by atoms with Gasteiger partial charge in [-0.05, 0) is 24.7 Å². The van der Waals surface area contributed by atoms with Crippen molar-refractivity contribution < 1.29 is 4.79 Å². The van der Waals surface area contributed by atoms with Crippen LogP contribution in [-0.4, -0.2) is 37.0 Å². The number of nitrogens with one attached hydrogen (secondary N) is 1. The molecule has 13 heavy (non-hydrogen) atoms. The van der Waals surface area contributed by atoms with E-state index in [0.29, 0.717) is 0 Å². The maximum absolute atomic E-state index is 11.3. The van der Waals surface area contributed by atoms with Gasteiger partial charge in [-0.2, -0.15) is 0 Å². The number of likely N-dealkylation sites (N-methyl/N-ethyl adjacent to an activating group) is 1. The molecular formula is C10H18N2O. The summed E-state index contributed by atoms with van der Waals surface area (Å²) in [6.07, 6.45) is 0. The molecule has 3 heteroatoms. The number of carbonyl (C=O) groups excluding carboxylic acids is 1. The summed E-state index contributed by atoms with van der Waals surface area (Å²) in [5.74, 6) is 2.82. The Balaban J connectivity index is 1.87. The Morgan fingerprint density at radius 3 is 2.46 bits per heavy atom. The van der Waals surface area contributed by atoms with Crippen molar-refractivity contribution in [2.45, 2.75) is 19.9 Å². The molecule has 0 aromatic carbocycles. The predicted molar refractivity (Wildman–Crippen MR) is 51.2 cm³/mol. The van der Waals surface area contributed by atoms with Gasteiger partial charge < -0.3 is 5.32 Å². The van der Waals surface area contributed by atoms with Gasteiger partial charge in [0.2, 0.25) is 5.91 Å². The van der Waals surface area contributed by atoms with Gasteiger partial charge in [-0.15, -0.1) is 0 Å². The van der Waals surface area contributed by atoms with Gasteiger partial charge in [0.25, 0.3) is 0 Å². The molecule has 2 aliphatic rings. The van der Waals surface area contributed by atoms with Crippen LogP contribution in [0.3, 0.4) is 0 Å². The zero-order valence-corrected chi connectivity index (χ0v) is 8.58. The molecule has 2 rings (SSSR count). The minimum absolute atomic E-state index is 0.0602. The molecule has 1 amide bonds. The fraction of sp³-hybridized carbons (Fsp3) is 0.900. The molecule has 0 radical (unpaired) electrons. The average molecular weight is 182 g/mol. The number of carbonyl (C=O) groups is 1. The normalized spacial score (nSPS) is 39.8. The van der Waals surface area contributed by atoms with Gasteiger partial charge in [0, 0.05) is 20.1 Å². The highest BCUT2D eigenvalue weighted by molar-refractivity contribution is 5.81. The van der Waals surface area contributed by atoms with Crippen molar-refractivity contribution in [2.75, 3.05) is 20.1 Å². The van der Waals surface area contributed by atoms with Crippen LogP contribution in [0.5, 0.6) is 0 Å². The second kappa shape index (κ2) is 2.98.